The van der Waals surface area contributed by atoms with Crippen LogP contribution < -0.4 is 0 Å². The minimum Gasteiger partial charge on any atom is -0.372 e. The smallest absolute Gasteiger partial charge is 0.243 e. The molecular weight excluding hydrogens is 460 g/mol. The van der Waals surface area contributed by atoms with Crippen molar-refractivity contribution in [2.24, 2.45) is 0 Å². The van der Waals surface area contributed by atoms with E-state index >= 15 is 0 Å². The van der Waals surface area contributed by atoms with Crippen LogP contribution in [0.5, 0.6) is 0 Å². The van der Waals surface area contributed by atoms with E-state index in [9.17, 15) is 8.42 Å². The molecule has 0 atom stereocenters. The van der Waals surface area contributed by atoms with Gasteiger partial charge < -0.3 is 9.72 Å². The lowest BCUT2D eigenvalue weighted by molar-refractivity contribution is 0.00894. The number of benzene rings is 2. The second-order valence-electron chi connectivity index (χ2n) is 7.99. The Bertz CT molecular complexity index is 1350. The van der Waals surface area contributed by atoms with Gasteiger partial charge in [-0.1, -0.05) is 60.1 Å². The molecule has 3 heterocycles. The molecule has 0 spiro atoms. The van der Waals surface area contributed by atoms with Gasteiger partial charge in [-0.25, -0.2) is 18.4 Å². The predicted molar refractivity (Wildman–Crippen MR) is 127 cm³/mol. The fraction of sp³-hybridized carbons (Fsp3) is 0.250. The molecule has 1 saturated heterocycles. The normalized spacial score (nSPS) is 15.8. The second kappa shape index (κ2) is 9.23. The molecule has 7 nitrogen and oxygen atoms in total. The molecule has 1 aliphatic heterocycles. The van der Waals surface area contributed by atoms with Gasteiger partial charge >= 0.3 is 0 Å². The van der Waals surface area contributed by atoms with Gasteiger partial charge in [-0.3, -0.25) is 0 Å². The minimum absolute atomic E-state index is 0.0138. The number of aromatic nitrogens is 3. The van der Waals surface area contributed by atoms with Crippen molar-refractivity contribution >= 4 is 32.7 Å². The number of nitrogens with zero attached hydrogens (tertiary/aromatic N) is 3. The Hall–Kier alpha value is -2.78. The quantitative estimate of drug-likeness (QED) is 0.404. The van der Waals surface area contributed by atoms with E-state index in [-0.39, 0.29) is 6.10 Å². The first-order valence-electron chi connectivity index (χ1n) is 10.8. The van der Waals surface area contributed by atoms with Gasteiger partial charge in [0.15, 0.2) is 5.82 Å². The number of nitrogens with one attached hydrogen (secondary N) is 1. The summed E-state index contributed by atoms with van der Waals surface area (Å²) in [6, 6.07) is 20.1. The minimum atomic E-state index is -3.46. The van der Waals surface area contributed by atoms with Crippen molar-refractivity contribution in [2.75, 3.05) is 13.1 Å². The third-order valence-corrected chi connectivity index (χ3v) is 7.99. The average molecular weight is 483 g/mol. The highest BCUT2D eigenvalue weighted by molar-refractivity contribution is 7.89. The van der Waals surface area contributed by atoms with Crippen molar-refractivity contribution < 1.29 is 13.2 Å². The van der Waals surface area contributed by atoms with Crippen LogP contribution >= 0.6 is 11.6 Å². The van der Waals surface area contributed by atoms with Gasteiger partial charge in [0.2, 0.25) is 10.0 Å². The lowest BCUT2D eigenvalue weighted by Crippen LogP contribution is -2.40. The molecule has 0 radical (unpaired) electrons. The monoisotopic (exact) mass is 482 g/mol. The molecule has 1 aliphatic rings. The summed E-state index contributed by atoms with van der Waals surface area (Å²) in [6.45, 7) is 1.24. The molecule has 33 heavy (non-hydrogen) atoms. The SMILES string of the molecule is O=S(=O)(c1ccccc1)N1CCC(OCc2cc3c(Cl)nc(-c4ccccc4)nc3[nH]2)CC1. The summed E-state index contributed by atoms with van der Waals surface area (Å²) in [5.41, 5.74) is 2.41. The van der Waals surface area contributed by atoms with Crippen LogP contribution in [0.3, 0.4) is 0 Å². The predicted octanol–water partition coefficient (Wildman–Crippen LogP) is 4.65. The summed E-state index contributed by atoms with van der Waals surface area (Å²) in [5.74, 6) is 0.564. The standard InChI is InChI=1S/C24H23ClN4O3S/c25-22-21-15-18(26-24(21)28-23(27-22)17-7-3-1-4-8-17)16-32-19-11-13-29(14-12-19)33(30,31)20-9-5-2-6-10-20/h1-10,15,19H,11-14,16H2,(H,26,27,28). The molecule has 170 valence electrons. The third kappa shape index (κ3) is 4.65. The van der Waals surface area contributed by atoms with Crippen molar-refractivity contribution in [3.63, 3.8) is 0 Å². The number of rotatable bonds is 6. The number of aromatic amines is 1. The Balaban J connectivity index is 1.22. The van der Waals surface area contributed by atoms with Crippen molar-refractivity contribution in [1.82, 2.24) is 19.3 Å². The van der Waals surface area contributed by atoms with Gasteiger partial charge in [0.05, 0.1) is 23.0 Å². The van der Waals surface area contributed by atoms with Crippen molar-refractivity contribution in [1.29, 1.82) is 0 Å². The molecule has 2 aromatic carbocycles. The molecule has 1 fully saturated rings. The van der Waals surface area contributed by atoms with E-state index in [1.165, 1.54) is 4.31 Å². The maximum atomic E-state index is 12.8. The Morgan fingerprint density at radius 1 is 1.00 bits per heavy atom. The number of H-pyrrole nitrogens is 1. The maximum Gasteiger partial charge on any atom is 0.243 e. The summed E-state index contributed by atoms with van der Waals surface area (Å²) in [5, 5.41) is 1.14. The lowest BCUT2D eigenvalue weighted by Gasteiger charge is -2.31. The summed E-state index contributed by atoms with van der Waals surface area (Å²) in [4.78, 5) is 12.6. The largest absolute Gasteiger partial charge is 0.372 e. The van der Waals surface area contributed by atoms with Crippen LogP contribution in [0, 0.1) is 0 Å². The van der Waals surface area contributed by atoms with E-state index in [0.29, 0.717) is 54.1 Å². The van der Waals surface area contributed by atoms with E-state index in [2.05, 4.69) is 15.0 Å². The molecule has 5 rings (SSSR count). The Kier molecular flexibility index (Phi) is 6.16. The average Bonchev–Trinajstić information content (AvgIpc) is 3.28. The van der Waals surface area contributed by atoms with Crippen LogP contribution in [-0.2, 0) is 21.4 Å². The van der Waals surface area contributed by atoms with Crippen LogP contribution in [-0.4, -0.2) is 46.9 Å². The number of ether oxygens (including phenoxy) is 1. The lowest BCUT2D eigenvalue weighted by atomic mass is 10.1. The van der Waals surface area contributed by atoms with E-state index in [4.69, 9.17) is 16.3 Å². The van der Waals surface area contributed by atoms with E-state index in [1.54, 1.807) is 24.3 Å². The molecule has 0 amide bonds. The fourth-order valence-electron chi connectivity index (χ4n) is 4.01. The van der Waals surface area contributed by atoms with Crippen LogP contribution in [0.25, 0.3) is 22.4 Å². The van der Waals surface area contributed by atoms with Crippen molar-refractivity contribution in [3.05, 3.63) is 77.6 Å². The third-order valence-electron chi connectivity index (χ3n) is 5.79. The van der Waals surface area contributed by atoms with Gasteiger partial charge in [-0.2, -0.15) is 4.31 Å². The highest BCUT2D eigenvalue weighted by atomic mass is 35.5. The maximum absolute atomic E-state index is 12.8. The van der Waals surface area contributed by atoms with E-state index in [0.717, 1.165) is 16.6 Å². The second-order valence-corrected chi connectivity index (χ2v) is 10.3. The molecule has 0 saturated carbocycles. The van der Waals surface area contributed by atoms with Gasteiger partial charge in [0, 0.05) is 24.3 Å². The molecule has 9 heteroatoms. The first kappa shape index (κ1) is 22.0. The zero-order valence-electron chi connectivity index (χ0n) is 17.8. The van der Waals surface area contributed by atoms with Gasteiger partial charge in [0.25, 0.3) is 0 Å². The van der Waals surface area contributed by atoms with E-state index < -0.39 is 10.0 Å². The van der Waals surface area contributed by atoms with Crippen LogP contribution in [0.1, 0.15) is 18.5 Å². The number of hydrogen-bond donors (Lipinski definition) is 1. The first-order chi connectivity index (χ1) is 16.0. The molecule has 0 bridgehead atoms. The number of piperidine rings is 1. The van der Waals surface area contributed by atoms with Gasteiger partial charge in [-0.15, -0.1) is 0 Å². The number of sulfonamides is 1. The van der Waals surface area contributed by atoms with Gasteiger partial charge in [-0.05, 0) is 31.0 Å². The van der Waals surface area contributed by atoms with Crippen LogP contribution in [0.15, 0.2) is 71.6 Å². The fourth-order valence-corrected chi connectivity index (χ4v) is 5.72. The number of hydrogen-bond acceptors (Lipinski definition) is 5. The summed E-state index contributed by atoms with van der Waals surface area (Å²) in [6.07, 6.45) is 1.27. The molecular formula is C24H23ClN4O3S. The molecule has 0 unspecified atom stereocenters. The molecule has 1 N–H and O–H groups in total. The number of fused-ring (bicyclic) bond motifs is 1. The van der Waals surface area contributed by atoms with Crippen molar-refractivity contribution in [2.45, 2.75) is 30.4 Å². The Labute approximate surface area is 197 Å². The zero-order chi connectivity index (χ0) is 22.8. The molecule has 4 aromatic rings. The molecule has 2 aromatic heterocycles. The number of halogens is 1. The summed E-state index contributed by atoms with van der Waals surface area (Å²) >= 11 is 6.41. The highest BCUT2D eigenvalue weighted by Gasteiger charge is 2.29. The van der Waals surface area contributed by atoms with E-state index in [1.807, 2.05) is 42.5 Å². The van der Waals surface area contributed by atoms with Crippen molar-refractivity contribution in [3.8, 4) is 11.4 Å². The van der Waals surface area contributed by atoms with Crippen LogP contribution in [0.4, 0.5) is 0 Å². The summed E-state index contributed by atoms with van der Waals surface area (Å²) in [7, 11) is -3.46. The molecule has 0 aliphatic carbocycles. The van der Waals surface area contributed by atoms with Crippen LogP contribution in [0.2, 0.25) is 5.15 Å². The summed E-state index contributed by atoms with van der Waals surface area (Å²) < 4.78 is 33.2. The first-order valence-corrected chi connectivity index (χ1v) is 12.6. The Morgan fingerprint density at radius 2 is 1.67 bits per heavy atom. The highest BCUT2D eigenvalue weighted by Crippen LogP contribution is 2.27. The topological polar surface area (TPSA) is 88.2 Å². The zero-order valence-corrected chi connectivity index (χ0v) is 19.4. The van der Waals surface area contributed by atoms with Gasteiger partial charge in [0.1, 0.15) is 10.8 Å². The Morgan fingerprint density at radius 3 is 2.36 bits per heavy atom.